The van der Waals surface area contributed by atoms with Crippen LogP contribution in [0.15, 0.2) is 42.5 Å². The molecule has 2 aromatic carbocycles. The Balaban J connectivity index is 2.37. The van der Waals surface area contributed by atoms with Crippen LogP contribution in [0.1, 0.15) is 31.8 Å². The SMILES string of the molecule is COC(=O)c1cc(C(=O)N(C)Cc2ccccc2C(F)(F)F)cc([N+](=O)[O-])c1. The third-order valence-electron chi connectivity index (χ3n) is 3.87. The Bertz CT molecular complexity index is 928. The summed E-state index contributed by atoms with van der Waals surface area (Å²) in [5.74, 6) is -1.67. The maximum Gasteiger partial charge on any atom is 0.416 e. The molecule has 2 rings (SSSR count). The average Bonchev–Trinajstić information content (AvgIpc) is 2.65. The van der Waals surface area contributed by atoms with Gasteiger partial charge in [-0.2, -0.15) is 13.2 Å². The highest BCUT2D eigenvalue weighted by Crippen LogP contribution is 2.32. The Morgan fingerprint density at radius 2 is 1.75 bits per heavy atom. The number of carbonyl (C=O) groups is 2. The number of ether oxygens (including phenoxy) is 1. The van der Waals surface area contributed by atoms with Crippen molar-refractivity contribution < 1.29 is 32.4 Å². The molecule has 0 saturated carbocycles. The summed E-state index contributed by atoms with van der Waals surface area (Å²) in [7, 11) is 2.33. The van der Waals surface area contributed by atoms with Gasteiger partial charge in [-0.05, 0) is 17.7 Å². The van der Waals surface area contributed by atoms with Crippen LogP contribution in [0, 0.1) is 10.1 Å². The summed E-state index contributed by atoms with van der Waals surface area (Å²) in [6.45, 7) is -0.384. The molecule has 0 aliphatic carbocycles. The lowest BCUT2D eigenvalue weighted by Gasteiger charge is -2.20. The summed E-state index contributed by atoms with van der Waals surface area (Å²) in [6.07, 6.45) is -4.59. The minimum atomic E-state index is -4.59. The molecule has 0 saturated heterocycles. The first kappa shape index (κ1) is 20.9. The number of hydrogen-bond donors (Lipinski definition) is 0. The predicted molar refractivity (Wildman–Crippen MR) is 91.7 cm³/mol. The van der Waals surface area contributed by atoms with Gasteiger partial charge >= 0.3 is 12.1 Å². The van der Waals surface area contributed by atoms with E-state index in [4.69, 9.17) is 0 Å². The number of nitro groups is 1. The first-order chi connectivity index (χ1) is 13.0. The fourth-order valence-electron chi connectivity index (χ4n) is 2.56. The number of nitrogens with zero attached hydrogens (tertiary/aromatic N) is 2. The molecule has 1 amide bonds. The number of hydrogen-bond acceptors (Lipinski definition) is 5. The third kappa shape index (κ3) is 4.64. The maximum atomic E-state index is 13.1. The van der Waals surface area contributed by atoms with E-state index in [-0.39, 0.29) is 23.2 Å². The largest absolute Gasteiger partial charge is 0.465 e. The van der Waals surface area contributed by atoms with E-state index < -0.39 is 34.2 Å². The zero-order chi connectivity index (χ0) is 21.1. The van der Waals surface area contributed by atoms with E-state index in [1.165, 1.54) is 25.2 Å². The van der Waals surface area contributed by atoms with Gasteiger partial charge in [-0.25, -0.2) is 4.79 Å². The van der Waals surface area contributed by atoms with Crippen molar-refractivity contribution >= 4 is 17.6 Å². The van der Waals surface area contributed by atoms with E-state index in [0.29, 0.717) is 0 Å². The van der Waals surface area contributed by atoms with Gasteiger partial charge < -0.3 is 9.64 Å². The van der Waals surface area contributed by atoms with E-state index in [2.05, 4.69) is 4.74 Å². The molecule has 10 heteroatoms. The summed E-state index contributed by atoms with van der Waals surface area (Å²) >= 11 is 0. The maximum absolute atomic E-state index is 13.1. The van der Waals surface area contributed by atoms with Crippen LogP contribution in [-0.2, 0) is 17.5 Å². The highest BCUT2D eigenvalue weighted by molar-refractivity contribution is 5.98. The Kier molecular flexibility index (Phi) is 6.02. The fourth-order valence-corrected chi connectivity index (χ4v) is 2.56. The van der Waals surface area contributed by atoms with Crippen molar-refractivity contribution in [2.45, 2.75) is 12.7 Å². The standard InChI is InChI=1S/C18H15F3N2O5/c1-22(10-11-5-3-4-6-15(11)18(19,20)21)16(24)12-7-13(17(25)28-2)9-14(8-12)23(26)27/h3-9H,10H2,1-2H3. The van der Waals surface area contributed by atoms with Crippen LogP contribution in [0.25, 0.3) is 0 Å². The lowest BCUT2D eigenvalue weighted by Crippen LogP contribution is -2.27. The van der Waals surface area contributed by atoms with Gasteiger partial charge in [0.25, 0.3) is 11.6 Å². The number of non-ortho nitro benzene ring substituents is 1. The van der Waals surface area contributed by atoms with Crippen molar-refractivity contribution in [2.75, 3.05) is 14.2 Å². The molecule has 0 heterocycles. The van der Waals surface area contributed by atoms with Gasteiger partial charge in [0.05, 0.1) is 23.2 Å². The van der Waals surface area contributed by atoms with Crippen LogP contribution in [-0.4, -0.2) is 35.9 Å². The minimum Gasteiger partial charge on any atom is -0.465 e. The molecule has 0 bridgehead atoms. The monoisotopic (exact) mass is 396 g/mol. The Morgan fingerprint density at radius 1 is 1.14 bits per heavy atom. The molecule has 0 N–H and O–H groups in total. The second-order valence-corrected chi connectivity index (χ2v) is 5.83. The topological polar surface area (TPSA) is 89.8 Å². The van der Waals surface area contributed by atoms with Crippen molar-refractivity contribution in [3.05, 3.63) is 74.8 Å². The zero-order valence-electron chi connectivity index (χ0n) is 14.8. The molecule has 148 valence electrons. The Hall–Kier alpha value is -3.43. The van der Waals surface area contributed by atoms with E-state index in [9.17, 15) is 32.9 Å². The number of rotatable bonds is 5. The number of carbonyl (C=O) groups excluding carboxylic acids is 2. The number of esters is 1. The fraction of sp³-hybridized carbons (Fsp3) is 0.222. The highest BCUT2D eigenvalue weighted by Gasteiger charge is 2.33. The number of alkyl halides is 3. The quantitative estimate of drug-likeness (QED) is 0.437. The summed E-state index contributed by atoms with van der Waals surface area (Å²) < 4.78 is 43.9. The molecule has 0 aliphatic rings. The second-order valence-electron chi connectivity index (χ2n) is 5.83. The number of nitro benzene ring substituents is 1. The molecule has 2 aromatic rings. The molecule has 0 aliphatic heterocycles. The zero-order valence-corrected chi connectivity index (χ0v) is 14.8. The van der Waals surface area contributed by atoms with Crippen LogP contribution >= 0.6 is 0 Å². The van der Waals surface area contributed by atoms with E-state index >= 15 is 0 Å². The van der Waals surface area contributed by atoms with Gasteiger partial charge in [0.1, 0.15) is 0 Å². The van der Waals surface area contributed by atoms with E-state index in [0.717, 1.165) is 36.3 Å². The smallest absolute Gasteiger partial charge is 0.416 e. The van der Waals surface area contributed by atoms with Gasteiger partial charge in [-0.15, -0.1) is 0 Å². The van der Waals surface area contributed by atoms with Crippen LogP contribution in [0.3, 0.4) is 0 Å². The van der Waals surface area contributed by atoms with E-state index in [1.54, 1.807) is 0 Å². The lowest BCUT2D eigenvalue weighted by molar-refractivity contribution is -0.384. The summed E-state index contributed by atoms with van der Waals surface area (Å²) in [5, 5.41) is 11.1. The van der Waals surface area contributed by atoms with Gasteiger partial charge in [-0.1, -0.05) is 18.2 Å². The molecule has 0 atom stereocenters. The van der Waals surface area contributed by atoms with Crippen molar-refractivity contribution in [1.82, 2.24) is 4.90 Å². The van der Waals surface area contributed by atoms with Crippen molar-refractivity contribution in [3.63, 3.8) is 0 Å². The normalized spacial score (nSPS) is 11.0. The second kappa shape index (κ2) is 8.07. The van der Waals surface area contributed by atoms with Gasteiger partial charge in [0.15, 0.2) is 0 Å². The highest BCUT2D eigenvalue weighted by atomic mass is 19.4. The first-order valence-electron chi connectivity index (χ1n) is 7.83. The van der Waals surface area contributed by atoms with Crippen molar-refractivity contribution in [3.8, 4) is 0 Å². The summed E-state index contributed by atoms with van der Waals surface area (Å²) in [6, 6.07) is 7.76. The summed E-state index contributed by atoms with van der Waals surface area (Å²) in [4.78, 5) is 35.5. The van der Waals surface area contributed by atoms with Gasteiger partial charge in [0, 0.05) is 31.3 Å². The Labute approximate surface area is 157 Å². The molecule has 0 aromatic heterocycles. The molecule has 0 fully saturated rings. The summed E-state index contributed by atoms with van der Waals surface area (Å²) in [5.41, 5.74) is -1.98. The van der Waals surface area contributed by atoms with Crippen molar-refractivity contribution in [2.24, 2.45) is 0 Å². The molecule has 0 spiro atoms. The lowest BCUT2D eigenvalue weighted by atomic mass is 10.1. The van der Waals surface area contributed by atoms with Gasteiger partial charge in [0.2, 0.25) is 0 Å². The molecular weight excluding hydrogens is 381 g/mol. The number of benzene rings is 2. The van der Waals surface area contributed by atoms with E-state index in [1.807, 2.05) is 0 Å². The molecule has 0 unspecified atom stereocenters. The van der Waals surface area contributed by atoms with Crippen LogP contribution < -0.4 is 0 Å². The molecular formula is C18H15F3N2O5. The number of methoxy groups -OCH3 is 1. The molecule has 0 radical (unpaired) electrons. The third-order valence-corrected chi connectivity index (χ3v) is 3.87. The number of halogens is 3. The average molecular weight is 396 g/mol. The van der Waals surface area contributed by atoms with Crippen LogP contribution in [0.4, 0.5) is 18.9 Å². The first-order valence-corrected chi connectivity index (χ1v) is 7.83. The van der Waals surface area contributed by atoms with Crippen molar-refractivity contribution in [1.29, 1.82) is 0 Å². The Morgan fingerprint density at radius 3 is 2.32 bits per heavy atom. The predicted octanol–water partition coefficient (Wildman–Crippen LogP) is 3.67. The number of amides is 1. The van der Waals surface area contributed by atoms with Crippen LogP contribution in [0.2, 0.25) is 0 Å². The molecule has 7 nitrogen and oxygen atoms in total. The minimum absolute atomic E-state index is 0.135. The molecule has 28 heavy (non-hydrogen) atoms. The van der Waals surface area contributed by atoms with Crippen LogP contribution in [0.5, 0.6) is 0 Å². The van der Waals surface area contributed by atoms with Gasteiger partial charge in [-0.3, -0.25) is 14.9 Å².